The summed E-state index contributed by atoms with van der Waals surface area (Å²) in [6.07, 6.45) is 2.16. The van der Waals surface area contributed by atoms with E-state index >= 15 is 0 Å². The molecule has 0 spiro atoms. The second-order valence-corrected chi connectivity index (χ2v) is 7.85. The molecule has 9 heteroatoms. The van der Waals surface area contributed by atoms with E-state index in [1.54, 1.807) is 6.92 Å². The van der Waals surface area contributed by atoms with Crippen LogP contribution in [0.4, 0.5) is 0 Å². The molecule has 0 aromatic heterocycles. The number of nitrogens with zero attached hydrogens (tertiary/aromatic N) is 1. The highest BCUT2D eigenvalue weighted by atomic mass is 16.4. The van der Waals surface area contributed by atoms with Crippen molar-refractivity contribution in [3.8, 4) is 0 Å². The van der Waals surface area contributed by atoms with Gasteiger partial charge in [-0.05, 0) is 31.1 Å². The van der Waals surface area contributed by atoms with E-state index < -0.39 is 35.9 Å². The molecule has 0 aromatic rings. The molecular weight excluding hydrogens is 364 g/mol. The Kier molecular flexibility index (Phi) is 9.37. The van der Waals surface area contributed by atoms with E-state index in [9.17, 15) is 24.3 Å². The Labute approximate surface area is 166 Å². The van der Waals surface area contributed by atoms with Gasteiger partial charge in [-0.3, -0.25) is 14.4 Å². The van der Waals surface area contributed by atoms with Crippen LogP contribution in [0.1, 0.15) is 53.4 Å². The Morgan fingerprint density at radius 2 is 1.82 bits per heavy atom. The quantitative estimate of drug-likeness (QED) is 0.411. The summed E-state index contributed by atoms with van der Waals surface area (Å²) < 4.78 is 0. The lowest BCUT2D eigenvalue weighted by Crippen LogP contribution is -2.56. The third kappa shape index (κ3) is 6.47. The van der Waals surface area contributed by atoms with Gasteiger partial charge in [-0.1, -0.05) is 34.1 Å². The maximum Gasteiger partial charge on any atom is 0.326 e. The third-order valence-corrected chi connectivity index (χ3v) is 5.17. The fourth-order valence-electron chi connectivity index (χ4n) is 3.36. The molecule has 4 unspecified atom stereocenters. The van der Waals surface area contributed by atoms with E-state index in [0.717, 1.165) is 0 Å². The first-order valence-corrected chi connectivity index (χ1v) is 9.95. The first-order chi connectivity index (χ1) is 13.1. The molecule has 1 aliphatic rings. The van der Waals surface area contributed by atoms with Crippen LogP contribution in [0.25, 0.3) is 0 Å². The molecule has 1 fully saturated rings. The number of carboxylic acids is 1. The SMILES string of the molecule is CCC(C)C(NC(=O)C(CC(C)C)NC(=O)C1CCCN1C(=O)CN)C(=O)O. The van der Waals surface area contributed by atoms with Crippen molar-refractivity contribution < 1.29 is 24.3 Å². The van der Waals surface area contributed by atoms with E-state index in [4.69, 9.17) is 5.73 Å². The number of nitrogens with two attached hydrogens (primary N) is 1. The Morgan fingerprint density at radius 3 is 2.32 bits per heavy atom. The van der Waals surface area contributed by atoms with Crippen LogP contribution in [-0.2, 0) is 19.2 Å². The summed E-state index contributed by atoms with van der Waals surface area (Å²) in [6.45, 7) is 7.72. The molecule has 1 rings (SSSR count). The molecule has 0 aromatic carbocycles. The zero-order valence-electron chi connectivity index (χ0n) is 17.2. The molecule has 1 heterocycles. The van der Waals surface area contributed by atoms with Crippen LogP contribution in [-0.4, -0.2) is 64.9 Å². The second kappa shape index (κ2) is 11.0. The topological polar surface area (TPSA) is 142 Å². The first kappa shape index (κ1) is 23.9. The van der Waals surface area contributed by atoms with Crippen molar-refractivity contribution >= 4 is 23.7 Å². The van der Waals surface area contributed by atoms with E-state index in [2.05, 4.69) is 10.6 Å². The Morgan fingerprint density at radius 1 is 1.18 bits per heavy atom. The van der Waals surface area contributed by atoms with Crippen molar-refractivity contribution in [1.29, 1.82) is 0 Å². The average molecular weight is 399 g/mol. The van der Waals surface area contributed by atoms with Crippen LogP contribution >= 0.6 is 0 Å². The molecule has 9 nitrogen and oxygen atoms in total. The molecule has 160 valence electrons. The lowest BCUT2D eigenvalue weighted by molar-refractivity contribution is -0.144. The predicted molar refractivity (Wildman–Crippen MR) is 104 cm³/mol. The highest BCUT2D eigenvalue weighted by molar-refractivity contribution is 5.93. The van der Waals surface area contributed by atoms with Gasteiger partial charge in [0.1, 0.15) is 18.1 Å². The zero-order valence-corrected chi connectivity index (χ0v) is 17.2. The molecule has 4 atom stereocenters. The summed E-state index contributed by atoms with van der Waals surface area (Å²) in [6, 6.07) is -2.54. The van der Waals surface area contributed by atoms with Gasteiger partial charge in [0.05, 0.1) is 6.54 Å². The second-order valence-electron chi connectivity index (χ2n) is 7.85. The number of carboxylic acid groups (broad SMARTS) is 1. The van der Waals surface area contributed by atoms with Gasteiger partial charge in [0.2, 0.25) is 17.7 Å². The van der Waals surface area contributed by atoms with Crippen molar-refractivity contribution in [2.45, 2.75) is 71.5 Å². The Balaban J connectivity index is 2.89. The Hall–Kier alpha value is -2.16. The molecule has 0 saturated carbocycles. The fourth-order valence-corrected chi connectivity index (χ4v) is 3.36. The van der Waals surface area contributed by atoms with Crippen LogP contribution in [0.3, 0.4) is 0 Å². The van der Waals surface area contributed by atoms with Gasteiger partial charge < -0.3 is 26.4 Å². The minimum atomic E-state index is -1.10. The monoisotopic (exact) mass is 398 g/mol. The number of hydrogen-bond donors (Lipinski definition) is 4. The number of nitrogens with one attached hydrogen (secondary N) is 2. The fraction of sp³-hybridized carbons (Fsp3) is 0.789. The summed E-state index contributed by atoms with van der Waals surface area (Å²) in [5, 5.41) is 14.7. The number of carbonyl (C=O) groups excluding carboxylic acids is 3. The molecule has 0 radical (unpaired) electrons. The van der Waals surface area contributed by atoms with Crippen LogP contribution in [0.5, 0.6) is 0 Å². The van der Waals surface area contributed by atoms with Crippen molar-refractivity contribution in [1.82, 2.24) is 15.5 Å². The van der Waals surface area contributed by atoms with Crippen LogP contribution in [0.15, 0.2) is 0 Å². The summed E-state index contributed by atoms with van der Waals surface area (Å²) in [5.74, 6) is -2.48. The number of hydrogen-bond acceptors (Lipinski definition) is 5. The molecule has 0 bridgehead atoms. The van der Waals surface area contributed by atoms with Gasteiger partial charge in [0, 0.05) is 6.54 Å². The van der Waals surface area contributed by atoms with Crippen molar-refractivity contribution in [3.63, 3.8) is 0 Å². The number of carbonyl (C=O) groups is 4. The molecule has 1 aliphatic heterocycles. The van der Waals surface area contributed by atoms with E-state index in [0.29, 0.717) is 32.2 Å². The minimum Gasteiger partial charge on any atom is -0.480 e. The standard InChI is InChI=1S/C19H34N4O5/c1-5-12(4)16(19(27)28)22-17(25)13(9-11(2)3)21-18(26)14-7-6-8-23(14)15(24)10-20/h11-14,16H,5-10,20H2,1-4H3,(H,21,26)(H,22,25)(H,27,28). The first-order valence-electron chi connectivity index (χ1n) is 9.95. The normalized spacial score (nSPS) is 19.8. The number of rotatable bonds is 10. The maximum absolute atomic E-state index is 12.7. The van der Waals surface area contributed by atoms with Crippen molar-refractivity contribution in [2.24, 2.45) is 17.6 Å². The lowest BCUT2D eigenvalue weighted by Gasteiger charge is -2.28. The van der Waals surface area contributed by atoms with Gasteiger partial charge in [-0.25, -0.2) is 4.79 Å². The highest BCUT2D eigenvalue weighted by Crippen LogP contribution is 2.18. The van der Waals surface area contributed by atoms with Crippen LogP contribution in [0.2, 0.25) is 0 Å². The van der Waals surface area contributed by atoms with Crippen molar-refractivity contribution in [2.75, 3.05) is 13.1 Å². The van der Waals surface area contributed by atoms with Gasteiger partial charge >= 0.3 is 5.97 Å². The smallest absolute Gasteiger partial charge is 0.326 e. The van der Waals surface area contributed by atoms with Crippen molar-refractivity contribution in [3.05, 3.63) is 0 Å². The van der Waals surface area contributed by atoms with Crippen LogP contribution in [0, 0.1) is 11.8 Å². The van der Waals surface area contributed by atoms with Crippen LogP contribution < -0.4 is 16.4 Å². The minimum absolute atomic E-state index is 0.105. The molecule has 3 amide bonds. The molecule has 28 heavy (non-hydrogen) atoms. The molecule has 0 aliphatic carbocycles. The zero-order chi connectivity index (χ0) is 21.4. The van der Waals surface area contributed by atoms with Gasteiger partial charge in [0.25, 0.3) is 0 Å². The average Bonchev–Trinajstić information content (AvgIpc) is 3.13. The molecular formula is C19H34N4O5. The van der Waals surface area contributed by atoms with E-state index in [1.165, 1.54) is 4.90 Å². The molecule has 5 N–H and O–H groups in total. The summed E-state index contributed by atoms with van der Waals surface area (Å²) in [7, 11) is 0. The largest absolute Gasteiger partial charge is 0.480 e. The Bertz CT molecular complexity index is 581. The summed E-state index contributed by atoms with van der Waals surface area (Å²) in [4.78, 5) is 50.4. The van der Waals surface area contributed by atoms with Gasteiger partial charge in [0.15, 0.2) is 0 Å². The lowest BCUT2D eigenvalue weighted by atomic mass is 9.97. The summed E-state index contributed by atoms with van der Waals surface area (Å²) >= 11 is 0. The number of aliphatic carboxylic acids is 1. The maximum atomic E-state index is 12.7. The van der Waals surface area contributed by atoms with Gasteiger partial charge in [-0.15, -0.1) is 0 Å². The highest BCUT2D eigenvalue weighted by Gasteiger charge is 2.36. The predicted octanol–water partition coefficient (Wildman–Crippen LogP) is 0.0825. The number of amides is 3. The van der Waals surface area contributed by atoms with E-state index in [1.807, 2.05) is 20.8 Å². The molecule has 1 saturated heterocycles. The summed E-state index contributed by atoms with van der Waals surface area (Å²) in [5.41, 5.74) is 5.41. The number of likely N-dealkylation sites (tertiary alicyclic amines) is 1. The van der Waals surface area contributed by atoms with Gasteiger partial charge in [-0.2, -0.15) is 0 Å². The third-order valence-electron chi connectivity index (χ3n) is 5.17. The van der Waals surface area contributed by atoms with E-state index in [-0.39, 0.29) is 24.3 Å².